The summed E-state index contributed by atoms with van der Waals surface area (Å²) in [5.41, 5.74) is 1.48. The number of halogens is 1. The highest BCUT2D eigenvalue weighted by atomic mass is 32.1. The van der Waals surface area contributed by atoms with E-state index in [0.29, 0.717) is 30.9 Å². The lowest BCUT2D eigenvalue weighted by Gasteiger charge is -1.99. The summed E-state index contributed by atoms with van der Waals surface area (Å²) in [4.78, 5) is 11.8. The number of nitrogens with zero attached hydrogens (tertiary/aromatic N) is 3. The molecule has 2 heterocycles. The summed E-state index contributed by atoms with van der Waals surface area (Å²) in [5, 5.41) is 3.94. The monoisotopic (exact) mass is 307 g/mol. The lowest BCUT2D eigenvalue weighted by atomic mass is 10.3. The Hall–Kier alpha value is -2.06. The Morgan fingerprint density at radius 3 is 3.14 bits per heavy atom. The molecular formula is C13H14FN5OS. The molecule has 1 aromatic carbocycles. The molecule has 3 rings (SSSR count). The number of fused-ring (bicyclic) bond motifs is 1. The molecule has 0 aliphatic rings. The molecule has 0 aliphatic carbocycles. The Morgan fingerprint density at radius 1 is 1.38 bits per heavy atom. The van der Waals surface area contributed by atoms with Crippen LogP contribution in [0.1, 0.15) is 11.6 Å². The van der Waals surface area contributed by atoms with Gasteiger partial charge in [0, 0.05) is 31.6 Å². The second kappa shape index (κ2) is 6.15. The van der Waals surface area contributed by atoms with Gasteiger partial charge in [-0.3, -0.25) is 0 Å². The van der Waals surface area contributed by atoms with Crippen LogP contribution in [0.5, 0.6) is 0 Å². The van der Waals surface area contributed by atoms with E-state index >= 15 is 0 Å². The third-order valence-corrected chi connectivity index (χ3v) is 3.58. The maximum absolute atomic E-state index is 13.1. The van der Waals surface area contributed by atoms with Crippen LogP contribution in [0.3, 0.4) is 0 Å². The first-order chi connectivity index (χ1) is 10.2. The molecule has 21 heavy (non-hydrogen) atoms. The van der Waals surface area contributed by atoms with Crippen LogP contribution in [0.2, 0.25) is 0 Å². The maximum Gasteiger partial charge on any atom is 0.202 e. The van der Waals surface area contributed by atoms with Gasteiger partial charge in [-0.15, -0.1) is 0 Å². The number of benzene rings is 1. The van der Waals surface area contributed by atoms with Gasteiger partial charge in [0.05, 0.1) is 11.0 Å². The molecule has 6 nitrogen and oxygen atoms in total. The van der Waals surface area contributed by atoms with Crippen molar-refractivity contribution in [3.05, 3.63) is 35.7 Å². The molecule has 0 saturated heterocycles. The third-order valence-electron chi connectivity index (χ3n) is 2.87. The predicted molar refractivity (Wildman–Crippen MR) is 78.9 cm³/mol. The molecule has 0 amide bonds. The van der Waals surface area contributed by atoms with Crippen LogP contribution < -0.4 is 5.32 Å². The van der Waals surface area contributed by atoms with Crippen LogP contribution >= 0.6 is 11.5 Å². The highest BCUT2D eigenvalue weighted by Crippen LogP contribution is 2.14. The van der Waals surface area contributed by atoms with Gasteiger partial charge in [-0.25, -0.2) is 14.4 Å². The van der Waals surface area contributed by atoms with Crippen molar-refractivity contribution >= 4 is 27.7 Å². The number of ether oxygens (including phenoxy) is 1. The zero-order valence-electron chi connectivity index (χ0n) is 11.4. The average Bonchev–Trinajstić information content (AvgIpc) is 3.05. The van der Waals surface area contributed by atoms with Crippen molar-refractivity contribution in [2.45, 2.75) is 13.0 Å². The SMILES string of the molecule is COCc1nsc(NCCc2nc3ccc(F)cc3[nH]2)n1. The molecule has 0 aliphatic heterocycles. The molecule has 8 heteroatoms. The third kappa shape index (κ3) is 3.34. The van der Waals surface area contributed by atoms with Crippen LogP contribution in [0.4, 0.5) is 9.52 Å². The van der Waals surface area contributed by atoms with Crippen molar-refractivity contribution in [2.75, 3.05) is 19.0 Å². The van der Waals surface area contributed by atoms with E-state index in [0.717, 1.165) is 16.5 Å². The number of methoxy groups -OCH3 is 1. The Bertz CT molecular complexity index is 741. The summed E-state index contributed by atoms with van der Waals surface area (Å²) in [6.45, 7) is 1.08. The predicted octanol–water partition coefficient (Wildman–Crippen LogP) is 2.35. The van der Waals surface area contributed by atoms with Crippen LogP contribution in [0.25, 0.3) is 11.0 Å². The minimum Gasteiger partial charge on any atom is -0.377 e. The highest BCUT2D eigenvalue weighted by Gasteiger charge is 2.05. The number of aromatic amines is 1. The van der Waals surface area contributed by atoms with Gasteiger partial charge in [-0.2, -0.15) is 4.37 Å². The zero-order valence-corrected chi connectivity index (χ0v) is 12.2. The molecule has 0 unspecified atom stereocenters. The first-order valence-corrected chi connectivity index (χ1v) is 7.21. The van der Waals surface area contributed by atoms with E-state index in [1.807, 2.05) is 0 Å². The molecule has 0 fully saturated rings. The minimum atomic E-state index is -0.268. The summed E-state index contributed by atoms with van der Waals surface area (Å²) >= 11 is 1.30. The second-order valence-electron chi connectivity index (χ2n) is 4.47. The second-order valence-corrected chi connectivity index (χ2v) is 5.22. The Kier molecular flexibility index (Phi) is 4.07. The molecule has 0 bridgehead atoms. The van der Waals surface area contributed by atoms with Crippen molar-refractivity contribution in [1.29, 1.82) is 0 Å². The van der Waals surface area contributed by atoms with Gasteiger partial charge in [-0.05, 0) is 18.2 Å². The van der Waals surface area contributed by atoms with Gasteiger partial charge in [0.15, 0.2) is 5.82 Å². The number of anilines is 1. The smallest absolute Gasteiger partial charge is 0.202 e. The standard InChI is InChI=1S/C13H14FN5OS/c1-20-7-12-18-13(21-19-12)15-5-4-11-16-9-3-2-8(14)6-10(9)17-11/h2-3,6H,4-5,7H2,1H3,(H,16,17)(H,15,18,19). The summed E-state index contributed by atoms with van der Waals surface area (Å²) in [5.74, 6) is 1.21. The molecule has 110 valence electrons. The van der Waals surface area contributed by atoms with Gasteiger partial charge < -0.3 is 15.0 Å². The van der Waals surface area contributed by atoms with Crippen molar-refractivity contribution < 1.29 is 9.13 Å². The Morgan fingerprint density at radius 2 is 2.29 bits per heavy atom. The molecule has 2 N–H and O–H groups in total. The molecule has 3 aromatic rings. The van der Waals surface area contributed by atoms with E-state index in [9.17, 15) is 4.39 Å². The number of nitrogens with one attached hydrogen (secondary N) is 2. The fourth-order valence-corrected chi connectivity index (χ4v) is 2.55. The molecular weight excluding hydrogens is 293 g/mol. The van der Waals surface area contributed by atoms with Gasteiger partial charge in [0.2, 0.25) is 5.13 Å². The molecule has 0 atom stereocenters. The molecule has 2 aromatic heterocycles. The normalized spacial score (nSPS) is 11.1. The number of hydrogen-bond donors (Lipinski definition) is 2. The zero-order chi connectivity index (χ0) is 14.7. The van der Waals surface area contributed by atoms with E-state index in [2.05, 4.69) is 24.6 Å². The maximum atomic E-state index is 13.1. The lowest BCUT2D eigenvalue weighted by molar-refractivity contribution is 0.179. The number of hydrogen-bond acceptors (Lipinski definition) is 6. The van der Waals surface area contributed by atoms with E-state index in [4.69, 9.17) is 4.74 Å². The molecule has 0 saturated carbocycles. The number of aromatic nitrogens is 4. The largest absolute Gasteiger partial charge is 0.377 e. The van der Waals surface area contributed by atoms with Crippen molar-refractivity contribution in [3.63, 3.8) is 0 Å². The van der Waals surface area contributed by atoms with Crippen LogP contribution in [0.15, 0.2) is 18.2 Å². The number of H-pyrrole nitrogens is 1. The summed E-state index contributed by atoms with van der Waals surface area (Å²) in [7, 11) is 1.61. The minimum absolute atomic E-state index is 0.268. The number of imidazole rings is 1. The van der Waals surface area contributed by atoms with Gasteiger partial charge in [-0.1, -0.05) is 0 Å². The molecule has 0 spiro atoms. The molecule has 0 radical (unpaired) electrons. The number of rotatable bonds is 6. The van der Waals surface area contributed by atoms with E-state index < -0.39 is 0 Å². The van der Waals surface area contributed by atoms with Crippen LogP contribution in [-0.4, -0.2) is 33.0 Å². The van der Waals surface area contributed by atoms with Crippen molar-refractivity contribution in [2.24, 2.45) is 0 Å². The lowest BCUT2D eigenvalue weighted by Crippen LogP contribution is -2.05. The van der Waals surface area contributed by atoms with Crippen LogP contribution in [0, 0.1) is 5.82 Å². The highest BCUT2D eigenvalue weighted by molar-refractivity contribution is 7.09. The fourth-order valence-electron chi connectivity index (χ4n) is 1.95. The first-order valence-electron chi connectivity index (χ1n) is 6.44. The topological polar surface area (TPSA) is 75.7 Å². The summed E-state index contributed by atoms with van der Waals surface area (Å²) in [6.07, 6.45) is 0.690. The fraction of sp³-hybridized carbons (Fsp3) is 0.308. The van der Waals surface area contributed by atoms with E-state index in [1.165, 1.54) is 23.7 Å². The first kappa shape index (κ1) is 13.9. The van der Waals surface area contributed by atoms with Crippen molar-refractivity contribution in [3.8, 4) is 0 Å². The Labute approximate surface area is 124 Å². The van der Waals surface area contributed by atoms with Crippen LogP contribution in [-0.2, 0) is 17.8 Å². The van der Waals surface area contributed by atoms with Gasteiger partial charge in [0.1, 0.15) is 18.2 Å². The van der Waals surface area contributed by atoms with E-state index in [1.54, 1.807) is 13.2 Å². The quantitative estimate of drug-likeness (QED) is 0.731. The van der Waals surface area contributed by atoms with Gasteiger partial charge in [0.25, 0.3) is 0 Å². The van der Waals surface area contributed by atoms with Gasteiger partial charge >= 0.3 is 0 Å². The Balaban J connectivity index is 1.58. The van der Waals surface area contributed by atoms with E-state index in [-0.39, 0.29) is 5.82 Å². The summed E-state index contributed by atoms with van der Waals surface area (Å²) in [6, 6.07) is 4.52. The summed E-state index contributed by atoms with van der Waals surface area (Å²) < 4.78 is 22.2. The van der Waals surface area contributed by atoms with Crippen molar-refractivity contribution in [1.82, 2.24) is 19.3 Å². The average molecular weight is 307 g/mol.